The number of amides is 2. The van der Waals surface area contributed by atoms with Crippen molar-refractivity contribution in [3.8, 4) is 0 Å². The Morgan fingerprint density at radius 3 is 2.39 bits per heavy atom. The van der Waals surface area contributed by atoms with E-state index in [-0.39, 0.29) is 18.2 Å². The zero-order valence-electron chi connectivity index (χ0n) is 13.2. The van der Waals surface area contributed by atoms with Crippen LogP contribution in [0.2, 0.25) is 0 Å². The van der Waals surface area contributed by atoms with Gasteiger partial charge in [-0.3, -0.25) is 9.59 Å². The molecular weight excluding hydrogens is 356 g/mol. The number of hydrogen-bond donors (Lipinski definition) is 1. The fourth-order valence-corrected chi connectivity index (χ4v) is 2.69. The first-order valence-electron chi connectivity index (χ1n) is 7.37. The Kier molecular flexibility index (Phi) is 5.93. The Balaban J connectivity index is 2.02. The summed E-state index contributed by atoms with van der Waals surface area (Å²) in [7, 11) is 0. The fourth-order valence-electron chi connectivity index (χ4n) is 2.30. The van der Waals surface area contributed by atoms with E-state index in [0.29, 0.717) is 6.54 Å². The van der Waals surface area contributed by atoms with Gasteiger partial charge in [0.25, 0.3) is 0 Å². The maximum atomic E-state index is 12.1. The van der Waals surface area contributed by atoms with Crippen molar-refractivity contribution in [2.24, 2.45) is 0 Å². The third kappa shape index (κ3) is 4.66. The second kappa shape index (κ2) is 7.92. The molecule has 0 aliphatic carbocycles. The Morgan fingerprint density at radius 1 is 1.09 bits per heavy atom. The third-order valence-corrected chi connectivity index (χ3v) is 4.19. The van der Waals surface area contributed by atoms with E-state index in [0.717, 1.165) is 21.4 Å². The number of nitrogens with zero attached hydrogens (tertiary/aromatic N) is 1. The topological polar surface area (TPSA) is 49.4 Å². The smallest absolute Gasteiger partial charge is 0.226 e. The average molecular weight is 375 g/mol. The highest BCUT2D eigenvalue weighted by atomic mass is 79.9. The number of benzene rings is 2. The van der Waals surface area contributed by atoms with Gasteiger partial charge in [0.15, 0.2) is 0 Å². The number of nitrogens with one attached hydrogen (secondary N) is 1. The summed E-state index contributed by atoms with van der Waals surface area (Å²) in [6.07, 6.45) is 0.231. The van der Waals surface area contributed by atoms with Crippen molar-refractivity contribution in [3.63, 3.8) is 0 Å². The van der Waals surface area contributed by atoms with Gasteiger partial charge in [0.1, 0.15) is 0 Å². The van der Waals surface area contributed by atoms with E-state index in [1.165, 1.54) is 6.92 Å². The van der Waals surface area contributed by atoms with Crippen LogP contribution < -0.4 is 10.2 Å². The summed E-state index contributed by atoms with van der Waals surface area (Å²) in [5.41, 5.74) is 2.57. The lowest BCUT2D eigenvalue weighted by Gasteiger charge is -2.22. The van der Waals surface area contributed by atoms with Crippen molar-refractivity contribution in [1.82, 2.24) is 0 Å². The normalized spacial score (nSPS) is 10.2. The molecule has 5 heteroatoms. The van der Waals surface area contributed by atoms with Gasteiger partial charge in [0.2, 0.25) is 11.8 Å². The molecule has 120 valence electrons. The number of hydrogen-bond acceptors (Lipinski definition) is 2. The number of rotatable bonds is 5. The van der Waals surface area contributed by atoms with Gasteiger partial charge in [-0.2, -0.15) is 0 Å². The van der Waals surface area contributed by atoms with E-state index in [2.05, 4.69) is 21.2 Å². The summed E-state index contributed by atoms with van der Waals surface area (Å²) in [5, 5.41) is 2.85. The van der Waals surface area contributed by atoms with Crippen molar-refractivity contribution in [3.05, 3.63) is 58.6 Å². The third-order valence-electron chi connectivity index (χ3n) is 3.50. The van der Waals surface area contributed by atoms with E-state index < -0.39 is 0 Å². The van der Waals surface area contributed by atoms with Crippen LogP contribution in [0.1, 0.15) is 18.9 Å². The first-order chi connectivity index (χ1) is 11.0. The number of para-hydroxylation sites is 2. The highest BCUT2D eigenvalue weighted by Gasteiger charge is 2.15. The number of halogens is 1. The van der Waals surface area contributed by atoms with Gasteiger partial charge in [0, 0.05) is 30.0 Å². The molecule has 0 radical (unpaired) electrons. The van der Waals surface area contributed by atoms with Crippen molar-refractivity contribution in [2.75, 3.05) is 16.8 Å². The van der Waals surface area contributed by atoms with E-state index in [1.807, 2.05) is 55.5 Å². The van der Waals surface area contributed by atoms with Crippen LogP contribution in [0.3, 0.4) is 0 Å². The zero-order valence-corrected chi connectivity index (χ0v) is 14.8. The molecule has 0 heterocycles. The summed E-state index contributed by atoms with van der Waals surface area (Å²) in [5.74, 6) is -0.204. The van der Waals surface area contributed by atoms with Gasteiger partial charge in [0.05, 0.1) is 5.69 Å². The van der Waals surface area contributed by atoms with Gasteiger partial charge in [-0.05, 0) is 46.6 Å². The Morgan fingerprint density at radius 2 is 1.74 bits per heavy atom. The lowest BCUT2D eigenvalue weighted by molar-refractivity contribution is -0.117. The molecule has 0 saturated heterocycles. The quantitative estimate of drug-likeness (QED) is 0.854. The summed E-state index contributed by atoms with van der Waals surface area (Å²) in [6, 6.07) is 15.1. The predicted molar refractivity (Wildman–Crippen MR) is 96.6 cm³/mol. The molecule has 0 bridgehead atoms. The molecule has 0 fully saturated rings. The molecule has 0 atom stereocenters. The summed E-state index contributed by atoms with van der Waals surface area (Å²) < 4.78 is 0.829. The van der Waals surface area contributed by atoms with Crippen molar-refractivity contribution >= 4 is 39.1 Å². The van der Waals surface area contributed by atoms with E-state index >= 15 is 0 Å². The first kappa shape index (κ1) is 17.2. The Labute approximate surface area is 144 Å². The lowest BCUT2D eigenvalue weighted by atomic mass is 10.1. The van der Waals surface area contributed by atoms with Crippen molar-refractivity contribution in [1.29, 1.82) is 0 Å². The van der Waals surface area contributed by atoms with Crippen molar-refractivity contribution < 1.29 is 9.59 Å². The van der Waals surface area contributed by atoms with Crippen LogP contribution in [-0.4, -0.2) is 18.4 Å². The molecule has 0 aromatic heterocycles. The fraction of sp³-hybridized carbons (Fsp3) is 0.222. The lowest BCUT2D eigenvalue weighted by Crippen LogP contribution is -2.32. The minimum atomic E-state index is -0.128. The van der Waals surface area contributed by atoms with Crippen LogP contribution in [0.5, 0.6) is 0 Å². The van der Waals surface area contributed by atoms with Crippen LogP contribution >= 0.6 is 15.9 Å². The standard InChI is InChI=1S/C18H19BrN2O2/c1-13-7-3-6-10-17(13)21(14(2)22)12-11-18(23)20-16-9-5-4-8-15(16)19/h3-10H,11-12H2,1-2H3,(H,20,23). The van der Waals surface area contributed by atoms with Gasteiger partial charge < -0.3 is 10.2 Å². The van der Waals surface area contributed by atoms with Crippen LogP contribution in [0.4, 0.5) is 11.4 Å². The van der Waals surface area contributed by atoms with E-state index in [4.69, 9.17) is 0 Å². The number of aryl methyl sites for hydroxylation is 1. The molecule has 2 aromatic carbocycles. The van der Waals surface area contributed by atoms with Crippen LogP contribution in [-0.2, 0) is 9.59 Å². The molecule has 2 aromatic rings. The zero-order chi connectivity index (χ0) is 16.8. The van der Waals surface area contributed by atoms with Crippen molar-refractivity contribution in [2.45, 2.75) is 20.3 Å². The van der Waals surface area contributed by atoms with E-state index in [9.17, 15) is 9.59 Å². The van der Waals surface area contributed by atoms with E-state index in [1.54, 1.807) is 4.90 Å². The maximum absolute atomic E-state index is 12.1. The molecule has 23 heavy (non-hydrogen) atoms. The molecule has 0 unspecified atom stereocenters. The molecule has 0 saturated carbocycles. The molecule has 0 aliphatic rings. The summed E-state index contributed by atoms with van der Waals surface area (Å²) in [4.78, 5) is 25.7. The maximum Gasteiger partial charge on any atom is 0.226 e. The molecule has 2 rings (SSSR count). The Hall–Kier alpha value is -2.14. The molecule has 0 aliphatic heterocycles. The summed E-state index contributed by atoms with van der Waals surface area (Å²) >= 11 is 3.40. The van der Waals surface area contributed by atoms with Gasteiger partial charge >= 0.3 is 0 Å². The van der Waals surface area contributed by atoms with Crippen LogP contribution in [0.25, 0.3) is 0 Å². The second-order valence-electron chi connectivity index (χ2n) is 5.24. The monoisotopic (exact) mass is 374 g/mol. The van der Waals surface area contributed by atoms with Crippen LogP contribution in [0.15, 0.2) is 53.0 Å². The molecule has 1 N–H and O–H groups in total. The average Bonchev–Trinajstić information content (AvgIpc) is 2.51. The molecule has 0 spiro atoms. The minimum absolute atomic E-state index is 0.0759. The SMILES string of the molecule is CC(=O)N(CCC(=O)Nc1ccccc1Br)c1ccccc1C. The van der Waals surface area contributed by atoms with Gasteiger partial charge in [-0.15, -0.1) is 0 Å². The minimum Gasteiger partial charge on any atom is -0.325 e. The Bertz CT molecular complexity index is 716. The number of carbonyl (C=O) groups is 2. The highest BCUT2D eigenvalue weighted by Crippen LogP contribution is 2.22. The van der Waals surface area contributed by atoms with Gasteiger partial charge in [-0.1, -0.05) is 30.3 Å². The molecular formula is C18H19BrN2O2. The highest BCUT2D eigenvalue weighted by molar-refractivity contribution is 9.10. The number of carbonyl (C=O) groups excluding carboxylic acids is 2. The second-order valence-corrected chi connectivity index (χ2v) is 6.09. The predicted octanol–water partition coefficient (Wildman–Crippen LogP) is 4.14. The molecule has 2 amide bonds. The largest absolute Gasteiger partial charge is 0.325 e. The number of anilines is 2. The first-order valence-corrected chi connectivity index (χ1v) is 8.16. The summed E-state index contributed by atoms with van der Waals surface area (Å²) in [6.45, 7) is 3.81. The molecule has 4 nitrogen and oxygen atoms in total. The van der Waals surface area contributed by atoms with Gasteiger partial charge in [-0.25, -0.2) is 0 Å². The van der Waals surface area contributed by atoms with Crippen LogP contribution in [0, 0.1) is 6.92 Å².